The molecule has 0 aromatic heterocycles. The Morgan fingerprint density at radius 3 is 2.34 bits per heavy atom. The van der Waals surface area contributed by atoms with Gasteiger partial charge < -0.3 is 15.0 Å². The van der Waals surface area contributed by atoms with Crippen LogP contribution in [0.5, 0.6) is 5.75 Å². The third-order valence-corrected chi connectivity index (χ3v) is 4.77. The average molecular weight is 417 g/mol. The minimum absolute atomic E-state index is 0.0126. The number of amides is 2. The van der Waals surface area contributed by atoms with Crippen molar-refractivity contribution in [3.05, 3.63) is 64.7 Å². The van der Waals surface area contributed by atoms with Crippen molar-refractivity contribution in [1.82, 2.24) is 10.2 Å². The molecule has 1 N–H and O–H groups in total. The Bertz CT molecular complexity index is 821. The van der Waals surface area contributed by atoms with E-state index < -0.39 is 6.04 Å². The molecule has 0 bridgehead atoms. The van der Waals surface area contributed by atoms with Crippen LogP contribution < -0.4 is 10.1 Å². The van der Waals surface area contributed by atoms with Crippen LogP contribution in [0.4, 0.5) is 0 Å². The van der Waals surface area contributed by atoms with Crippen molar-refractivity contribution in [2.45, 2.75) is 52.7 Å². The van der Waals surface area contributed by atoms with Gasteiger partial charge >= 0.3 is 0 Å². The number of hydrogen-bond donors (Lipinski definition) is 1. The third-order valence-electron chi connectivity index (χ3n) is 4.53. The number of carbonyl (C=O) groups excluding carboxylic acids is 2. The molecule has 156 valence electrons. The van der Waals surface area contributed by atoms with Gasteiger partial charge in [-0.2, -0.15) is 0 Å². The van der Waals surface area contributed by atoms with Crippen LogP contribution in [-0.4, -0.2) is 35.4 Å². The fourth-order valence-corrected chi connectivity index (χ4v) is 3.08. The average Bonchev–Trinajstić information content (AvgIpc) is 2.69. The van der Waals surface area contributed by atoms with Gasteiger partial charge in [0, 0.05) is 17.6 Å². The van der Waals surface area contributed by atoms with E-state index in [0.29, 0.717) is 10.8 Å². The van der Waals surface area contributed by atoms with Crippen molar-refractivity contribution < 1.29 is 14.3 Å². The molecule has 0 radical (unpaired) electrons. The Morgan fingerprint density at radius 1 is 1.07 bits per heavy atom. The largest absolute Gasteiger partial charge is 0.484 e. The van der Waals surface area contributed by atoms with E-state index in [4.69, 9.17) is 16.3 Å². The van der Waals surface area contributed by atoms with Gasteiger partial charge in [-0.1, -0.05) is 42.8 Å². The van der Waals surface area contributed by atoms with Crippen molar-refractivity contribution in [3.63, 3.8) is 0 Å². The highest BCUT2D eigenvalue weighted by Crippen LogP contribution is 2.16. The van der Waals surface area contributed by atoms with Gasteiger partial charge in [0.2, 0.25) is 5.91 Å². The van der Waals surface area contributed by atoms with Gasteiger partial charge in [-0.25, -0.2) is 0 Å². The second-order valence-electron chi connectivity index (χ2n) is 7.28. The number of halogens is 1. The van der Waals surface area contributed by atoms with Gasteiger partial charge in [-0.3, -0.25) is 9.59 Å². The number of nitrogens with zero attached hydrogens (tertiary/aromatic N) is 1. The first-order chi connectivity index (χ1) is 13.8. The standard InChI is InChI=1S/C23H29ClN2O3/c1-5-18-9-11-21(12-10-18)29-15-22(27)26(17(4)23(28)25-16(2)3)14-19-7-6-8-20(24)13-19/h6-13,16-17H,5,14-15H2,1-4H3,(H,25,28)/t17-/m1/s1. The topological polar surface area (TPSA) is 58.6 Å². The molecule has 6 heteroatoms. The third kappa shape index (κ3) is 7.09. The Balaban J connectivity index is 2.13. The molecule has 2 aromatic carbocycles. The monoisotopic (exact) mass is 416 g/mol. The van der Waals surface area contributed by atoms with Crippen molar-refractivity contribution in [1.29, 1.82) is 0 Å². The molecule has 5 nitrogen and oxygen atoms in total. The summed E-state index contributed by atoms with van der Waals surface area (Å²) in [4.78, 5) is 27.0. The van der Waals surface area contributed by atoms with Gasteiger partial charge in [0.25, 0.3) is 5.91 Å². The van der Waals surface area contributed by atoms with Gasteiger partial charge in [0.05, 0.1) is 0 Å². The predicted octanol–water partition coefficient (Wildman–Crippen LogP) is 4.22. The van der Waals surface area contributed by atoms with E-state index in [1.807, 2.05) is 50.2 Å². The van der Waals surface area contributed by atoms with Crippen LogP contribution in [0.25, 0.3) is 0 Å². The smallest absolute Gasteiger partial charge is 0.261 e. The van der Waals surface area contributed by atoms with Crippen LogP contribution in [0.15, 0.2) is 48.5 Å². The van der Waals surface area contributed by atoms with E-state index in [0.717, 1.165) is 12.0 Å². The zero-order chi connectivity index (χ0) is 21.4. The maximum Gasteiger partial charge on any atom is 0.261 e. The molecule has 1 atom stereocenters. The van der Waals surface area contributed by atoms with Crippen LogP contribution in [-0.2, 0) is 22.6 Å². The summed E-state index contributed by atoms with van der Waals surface area (Å²) < 4.78 is 5.67. The van der Waals surface area contributed by atoms with E-state index in [2.05, 4.69) is 12.2 Å². The lowest BCUT2D eigenvalue weighted by Crippen LogP contribution is -2.50. The number of carbonyl (C=O) groups is 2. The van der Waals surface area contributed by atoms with Crippen LogP contribution in [0.3, 0.4) is 0 Å². The quantitative estimate of drug-likeness (QED) is 0.665. The molecule has 0 unspecified atom stereocenters. The fraction of sp³-hybridized carbons (Fsp3) is 0.391. The van der Waals surface area contributed by atoms with E-state index in [-0.39, 0.29) is 31.0 Å². The zero-order valence-corrected chi connectivity index (χ0v) is 18.2. The van der Waals surface area contributed by atoms with Gasteiger partial charge in [0.1, 0.15) is 11.8 Å². The molecular weight excluding hydrogens is 388 g/mol. The molecule has 0 saturated heterocycles. The molecule has 2 aromatic rings. The number of ether oxygens (including phenoxy) is 1. The summed E-state index contributed by atoms with van der Waals surface area (Å²) in [5, 5.41) is 3.45. The molecule has 0 aliphatic rings. The maximum atomic E-state index is 12.9. The van der Waals surface area contributed by atoms with E-state index in [9.17, 15) is 9.59 Å². The molecule has 0 heterocycles. The zero-order valence-electron chi connectivity index (χ0n) is 17.4. The predicted molar refractivity (Wildman–Crippen MR) is 116 cm³/mol. The summed E-state index contributed by atoms with van der Waals surface area (Å²) in [6.07, 6.45) is 0.940. The van der Waals surface area contributed by atoms with E-state index in [1.165, 1.54) is 10.5 Å². The number of aryl methyl sites for hydroxylation is 1. The highest BCUT2D eigenvalue weighted by molar-refractivity contribution is 6.30. The molecule has 2 rings (SSSR count). The second-order valence-corrected chi connectivity index (χ2v) is 7.71. The van der Waals surface area contributed by atoms with Crippen LogP contribution in [0.1, 0.15) is 38.8 Å². The van der Waals surface area contributed by atoms with Crippen LogP contribution >= 0.6 is 11.6 Å². The summed E-state index contributed by atoms with van der Waals surface area (Å²) in [6.45, 7) is 7.69. The van der Waals surface area contributed by atoms with Gasteiger partial charge in [0.15, 0.2) is 6.61 Å². The molecule has 0 aliphatic heterocycles. The lowest BCUT2D eigenvalue weighted by Gasteiger charge is -2.29. The Labute approximate surface area is 178 Å². The molecule has 0 saturated carbocycles. The summed E-state index contributed by atoms with van der Waals surface area (Å²) >= 11 is 6.08. The van der Waals surface area contributed by atoms with Gasteiger partial charge in [-0.05, 0) is 62.6 Å². The van der Waals surface area contributed by atoms with E-state index >= 15 is 0 Å². The minimum Gasteiger partial charge on any atom is -0.484 e. The Kier molecular flexibility index (Phi) is 8.52. The Morgan fingerprint density at radius 2 is 1.76 bits per heavy atom. The molecule has 0 fully saturated rings. The first-order valence-electron chi connectivity index (χ1n) is 9.86. The normalized spacial score (nSPS) is 11.8. The number of nitrogens with one attached hydrogen (secondary N) is 1. The highest BCUT2D eigenvalue weighted by atomic mass is 35.5. The summed E-state index contributed by atoms with van der Waals surface area (Å²) in [5.74, 6) is 0.149. The summed E-state index contributed by atoms with van der Waals surface area (Å²) in [7, 11) is 0. The lowest BCUT2D eigenvalue weighted by molar-refractivity contribution is -0.142. The second kappa shape index (κ2) is 10.9. The lowest BCUT2D eigenvalue weighted by atomic mass is 10.1. The van der Waals surface area contributed by atoms with Gasteiger partial charge in [-0.15, -0.1) is 0 Å². The minimum atomic E-state index is -0.644. The molecule has 0 aliphatic carbocycles. The summed E-state index contributed by atoms with van der Waals surface area (Å²) in [6, 6.07) is 14.3. The molecule has 0 spiro atoms. The number of hydrogen-bond acceptors (Lipinski definition) is 3. The van der Waals surface area contributed by atoms with Crippen LogP contribution in [0.2, 0.25) is 5.02 Å². The number of rotatable bonds is 9. The van der Waals surface area contributed by atoms with Crippen molar-refractivity contribution in [3.8, 4) is 5.75 Å². The Hall–Kier alpha value is -2.53. The highest BCUT2D eigenvalue weighted by Gasteiger charge is 2.26. The maximum absolute atomic E-state index is 12.9. The number of benzene rings is 2. The van der Waals surface area contributed by atoms with Crippen molar-refractivity contribution in [2.75, 3.05) is 6.61 Å². The molecule has 2 amide bonds. The first-order valence-corrected chi connectivity index (χ1v) is 10.2. The van der Waals surface area contributed by atoms with Crippen molar-refractivity contribution >= 4 is 23.4 Å². The van der Waals surface area contributed by atoms with Crippen molar-refractivity contribution in [2.24, 2.45) is 0 Å². The van der Waals surface area contributed by atoms with E-state index in [1.54, 1.807) is 19.1 Å². The van der Waals surface area contributed by atoms with Crippen LogP contribution in [0, 0.1) is 0 Å². The summed E-state index contributed by atoms with van der Waals surface area (Å²) in [5.41, 5.74) is 2.05. The molecular formula is C23H29ClN2O3. The molecule has 29 heavy (non-hydrogen) atoms. The fourth-order valence-electron chi connectivity index (χ4n) is 2.87. The first kappa shape index (κ1) is 22.8. The SMILES string of the molecule is CCc1ccc(OCC(=O)N(Cc2cccc(Cl)c2)[C@H](C)C(=O)NC(C)C)cc1.